The van der Waals surface area contributed by atoms with Gasteiger partial charge in [-0.05, 0) is 62.4 Å². The molecule has 1 heterocycles. The Morgan fingerprint density at radius 1 is 1.33 bits per heavy atom. The Morgan fingerprint density at radius 2 is 2.11 bits per heavy atom. The van der Waals surface area contributed by atoms with E-state index in [9.17, 15) is 14.7 Å². The van der Waals surface area contributed by atoms with Gasteiger partial charge in [0.05, 0.1) is 0 Å². The molecule has 0 radical (unpaired) electrons. The predicted molar refractivity (Wildman–Crippen MR) is 103 cm³/mol. The number of unbranched alkanes of at least 4 members (excludes halogenated alkanes) is 1. The number of nitrogens with one attached hydrogen (secondary N) is 1. The zero-order chi connectivity index (χ0) is 18.7. The molecule has 4 N–H and O–H groups in total. The van der Waals surface area contributed by atoms with Crippen molar-refractivity contribution in [3.63, 3.8) is 0 Å². The highest BCUT2D eigenvalue weighted by atomic mass is 35.5. The van der Waals surface area contributed by atoms with Crippen LogP contribution in [0.2, 0.25) is 5.02 Å². The number of aromatic nitrogens is 1. The van der Waals surface area contributed by atoms with E-state index in [2.05, 4.69) is 10.5 Å². The maximum absolute atomic E-state index is 12.5. The zero-order valence-electron chi connectivity index (χ0n) is 14.5. The lowest BCUT2D eigenvalue weighted by molar-refractivity contribution is -0.139. The van der Waals surface area contributed by atoms with Crippen molar-refractivity contribution >= 4 is 35.9 Å². The zero-order valence-corrected chi connectivity index (χ0v) is 16.1. The smallest absolute Gasteiger partial charge is 0.326 e. The lowest BCUT2D eigenvalue weighted by Crippen LogP contribution is -2.41. The summed E-state index contributed by atoms with van der Waals surface area (Å²) in [6.45, 7) is 0.487. The number of fused-ring (bicyclic) bond motifs is 3. The fourth-order valence-electron chi connectivity index (χ4n) is 3.16. The van der Waals surface area contributed by atoms with Crippen LogP contribution in [0.1, 0.15) is 40.9 Å². The van der Waals surface area contributed by atoms with Gasteiger partial charge >= 0.3 is 5.97 Å². The van der Waals surface area contributed by atoms with Gasteiger partial charge in [0.25, 0.3) is 5.91 Å². The van der Waals surface area contributed by atoms with Crippen LogP contribution in [0, 0.1) is 0 Å². The van der Waals surface area contributed by atoms with Crippen LogP contribution in [0.15, 0.2) is 22.7 Å². The van der Waals surface area contributed by atoms with E-state index < -0.39 is 17.9 Å². The molecule has 0 fully saturated rings. The molecule has 0 unspecified atom stereocenters. The minimum atomic E-state index is -1.08. The van der Waals surface area contributed by atoms with Crippen molar-refractivity contribution in [2.75, 3.05) is 6.54 Å². The molecule has 0 saturated heterocycles. The normalized spacial score (nSPS) is 13.1. The van der Waals surface area contributed by atoms with Gasteiger partial charge in [0, 0.05) is 16.1 Å². The molecule has 3 rings (SSSR count). The third-order valence-corrected chi connectivity index (χ3v) is 4.74. The topological polar surface area (TPSA) is 118 Å². The van der Waals surface area contributed by atoms with Crippen LogP contribution in [0.3, 0.4) is 0 Å². The third kappa shape index (κ3) is 4.61. The van der Waals surface area contributed by atoms with Crippen molar-refractivity contribution in [3.8, 4) is 11.3 Å². The Labute approximate surface area is 167 Å². The molecule has 7 nitrogen and oxygen atoms in total. The number of amides is 1. The Hall–Kier alpha value is -2.09. The van der Waals surface area contributed by atoms with Crippen molar-refractivity contribution in [2.24, 2.45) is 5.73 Å². The SMILES string of the molecule is Cl.NCCCC[C@H](NC(=O)c1noc2c1CCc1cc(Cl)ccc1-2)C(=O)O. The molecule has 0 aliphatic heterocycles. The van der Waals surface area contributed by atoms with Gasteiger partial charge in [0.2, 0.25) is 0 Å². The van der Waals surface area contributed by atoms with E-state index in [1.54, 1.807) is 6.07 Å². The van der Waals surface area contributed by atoms with Gasteiger partial charge in [-0.1, -0.05) is 16.8 Å². The Bertz CT molecular complexity index is 838. The van der Waals surface area contributed by atoms with Gasteiger partial charge in [-0.25, -0.2) is 4.79 Å². The van der Waals surface area contributed by atoms with E-state index in [4.69, 9.17) is 21.9 Å². The largest absolute Gasteiger partial charge is 0.480 e. The first kappa shape index (κ1) is 21.2. The number of aryl methyl sites for hydroxylation is 1. The molecule has 1 aromatic carbocycles. The number of rotatable bonds is 7. The van der Waals surface area contributed by atoms with Gasteiger partial charge in [-0.15, -0.1) is 12.4 Å². The molecule has 2 aromatic rings. The molecule has 1 amide bonds. The third-order valence-electron chi connectivity index (χ3n) is 4.51. The van der Waals surface area contributed by atoms with Crippen molar-refractivity contribution in [2.45, 2.75) is 38.1 Å². The molecule has 1 aliphatic carbocycles. The van der Waals surface area contributed by atoms with Crippen LogP contribution in [-0.4, -0.2) is 34.7 Å². The number of benzene rings is 1. The summed E-state index contributed by atoms with van der Waals surface area (Å²) < 4.78 is 5.40. The second-order valence-electron chi connectivity index (χ2n) is 6.29. The number of carboxylic acids is 1. The van der Waals surface area contributed by atoms with E-state index >= 15 is 0 Å². The Kier molecular flexibility index (Phi) is 7.24. The van der Waals surface area contributed by atoms with Gasteiger partial charge in [0.1, 0.15) is 6.04 Å². The number of nitrogens with two attached hydrogens (primary N) is 1. The van der Waals surface area contributed by atoms with Crippen molar-refractivity contribution < 1.29 is 19.2 Å². The highest BCUT2D eigenvalue weighted by molar-refractivity contribution is 6.30. The maximum atomic E-state index is 12.5. The van der Waals surface area contributed by atoms with Crippen LogP contribution < -0.4 is 11.1 Å². The van der Waals surface area contributed by atoms with Crippen molar-refractivity contribution in [3.05, 3.63) is 40.0 Å². The molecule has 1 aliphatic rings. The predicted octanol–water partition coefficient (Wildman–Crippen LogP) is 2.83. The summed E-state index contributed by atoms with van der Waals surface area (Å²) in [6, 6.07) is 4.50. The monoisotopic (exact) mass is 413 g/mol. The molecule has 146 valence electrons. The van der Waals surface area contributed by atoms with E-state index in [0.29, 0.717) is 55.0 Å². The summed E-state index contributed by atoms with van der Waals surface area (Å²) in [4.78, 5) is 23.9. The van der Waals surface area contributed by atoms with Gasteiger partial charge in [0.15, 0.2) is 11.5 Å². The maximum Gasteiger partial charge on any atom is 0.326 e. The molecular formula is C18H21Cl2N3O4. The standard InChI is InChI=1S/C18H20ClN3O4.ClH/c19-11-5-7-12-10(9-11)4-6-13-15(22-26-16(12)13)17(23)21-14(18(24)25)3-1-2-8-20;/h5,7,9,14H,1-4,6,8,20H2,(H,21,23)(H,24,25);1H/t14-;/m0./s1. The fourth-order valence-corrected chi connectivity index (χ4v) is 3.35. The van der Waals surface area contributed by atoms with Crippen LogP contribution in [0.5, 0.6) is 0 Å². The van der Waals surface area contributed by atoms with Crippen molar-refractivity contribution in [1.82, 2.24) is 10.5 Å². The van der Waals surface area contributed by atoms with Crippen LogP contribution in [0.4, 0.5) is 0 Å². The average molecular weight is 414 g/mol. The molecule has 1 atom stereocenters. The number of carbonyl (C=O) groups is 2. The second-order valence-corrected chi connectivity index (χ2v) is 6.73. The Morgan fingerprint density at radius 3 is 2.81 bits per heavy atom. The summed E-state index contributed by atoms with van der Waals surface area (Å²) in [7, 11) is 0. The van der Waals surface area contributed by atoms with Crippen molar-refractivity contribution in [1.29, 1.82) is 0 Å². The first-order valence-electron chi connectivity index (χ1n) is 8.52. The first-order valence-corrected chi connectivity index (χ1v) is 8.90. The highest BCUT2D eigenvalue weighted by Gasteiger charge is 2.29. The van der Waals surface area contributed by atoms with E-state index in [1.165, 1.54) is 0 Å². The lowest BCUT2D eigenvalue weighted by atomic mass is 9.89. The number of nitrogens with zero attached hydrogens (tertiary/aromatic N) is 1. The molecule has 0 bridgehead atoms. The molecule has 0 spiro atoms. The number of hydrogen-bond acceptors (Lipinski definition) is 5. The minimum absolute atomic E-state index is 0. The highest BCUT2D eigenvalue weighted by Crippen LogP contribution is 2.36. The van der Waals surface area contributed by atoms with Gasteiger partial charge in [-0.2, -0.15) is 0 Å². The molecule has 0 saturated carbocycles. The first-order chi connectivity index (χ1) is 12.5. The summed E-state index contributed by atoms with van der Waals surface area (Å²) in [5.74, 6) is -1.07. The second kappa shape index (κ2) is 9.21. The minimum Gasteiger partial charge on any atom is -0.480 e. The Balaban J connectivity index is 0.00000261. The van der Waals surface area contributed by atoms with Crippen LogP contribution in [0.25, 0.3) is 11.3 Å². The summed E-state index contributed by atoms with van der Waals surface area (Å²) in [5.41, 5.74) is 8.17. The quantitative estimate of drug-likeness (QED) is 0.600. The van der Waals surface area contributed by atoms with E-state index in [-0.39, 0.29) is 18.1 Å². The number of hydrogen-bond donors (Lipinski definition) is 3. The molecular weight excluding hydrogens is 393 g/mol. The fraction of sp³-hybridized carbons (Fsp3) is 0.389. The van der Waals surface area contributed by atoms with Gasteiger partial charge < -0.3 is 20.7 Å². The van der Waals surface area contributed by atoms with Crippen LogP contribution in [-0.2, 0) is 17.6 Å². The lowest BCUT2D eigenvalue weighted by Gasteiger charge is -2.16. The molecule has 27 heavy (non-hydrogen) atoms. The summed E-state index contributed by atoms with van der Waals surface area (Å²) >= 11 is 6.02. The summed E-state index contributed by atoms with van der Waals surface area (Å²) in [5, 5.41) is 16.4. The average Bonchev–Trinajstić information content (AvgIpc) is 3.04. The molecule has 1 aromatic heterocycles. The molecule has 9 heteroatoms. The van der Waals surface area contributed by atoms with E-state index in [0.717, 1.165) is 11.1 Å². The number of carboxylic acid groups (broad SMARTS) is 1. The number of carbonyl (C=O) groups excluding carboxylic acids is 1. The van der Waals surface area contributed by atoms with Crippen LogP contribution >= 0.6 is 24.0 Å². The summed E-state index contributed by atoms with van der Waals surface area (Å²) in [6.07, 6.45) is 2.94. The van der Waals surface area contributed by atoms with Gasteiger partial charge in [-0.3, -0.25) is 4.79 Å². The number of halogens is 2. The van der Waals surface area contributed by atoms with E-state index in [1.807, 2.05) is 12.1 Å². The number of aliphatic carboxylic acids is 1.